The predicted molar refractivity (Wildman–Crippen MR) is 74.5 cm³/mol. The number of hydrogen-bond acceptors (Lipinski definition) is 4. The highest BCUT2D eigenvalue weighted by molar-refractivity contribution is 7.80. The summed E-state index contributed by atoms with van der Waals surface area (Å²) in [5.74, 6) is 2.68. The molecule has 0 aliphatic rings. The molecule has 4 heteroatoms. The molecule has 0 bridgehead atoms. The van der Waals surface area contributed by atoms with Crippen molar-refractivity contribution in [2.24, 2.45) is 0 Å². The first-order chi connectivity index (χ1) is 8.24. The summed E-state index contributed by atoms with van der Waals surface area (Å²) >= 11 is 4.18. The Bertz CT molecular complexity index is 356. The van der Waals surface area contributed by atoms with Gasteiger partial charge in [0.15, 0.2) is 0 Å². The fourth-order valence-electron chi connectivity index (χ4n) is 1.80. The molecule has 1 N–H and O–H groups in total. The number of ether oxygens (including phenoxy) is 2. The predicted octanol–water partition coefficient (Wildman–Crippen LogP) is 2.42. The van der Waals surface area contributed by atoms with Gasteiger partial charge >= 0.3 is 0 Å². The number of rotatable bonds is 7. The molecule has 0 unspecified atom stereocenters. The third-order valence-corrected chi connectivity index (χ3v) is 3.01. The Morgan fingerprint density at radius 1 is 1.24 bits per heavy atom. The highest BCUT2D eigenvalue weighted by Gasteiger charge is 2.10. The monoisotopic (exact) mass is 255 g/mol. The maximum Gasteiger partial charge on any atom is 0.129 e. The van der Waals surface area contributed by atoms with Crippen LogP contribution in [0.25, 0.3) is 0 Å². The van der Waals surface area contributed by atoms with E-state index in [4.69, 9.17) is 9.47 Å². The average Bonchev–Trinajstić information content (AvgIpc) is 2.35. The lowest BCUT2D eigenvalue weighted by Crippen LogP contribution is -2.16. The van der Waals surface area contributed by atoms with E-state index < -0.39 is 0 Å². The molecule has 0 radical (unpaired) electrons. The van der Waals surface area contributed by atoms with Gasteiger partial charge in [-0.3, -0.25) is 0 Å². The number of benzene rings is 1. The first kappa shape index (κ1) is 14.2. The quantitative estimate of drug-likeness (QED) is 0.579. The standard InChI is InChI=1S/C13H21NO2S/c1-10-12(15-2)6-5-11(13(10)16-3)9-14-7-4-8-17/h5-6,14,17H,4,7-9H2,1-3H3. The van der Waals surface area contributed by atoms with E-state index in [1.54, 1.807) is 14.2 Å². The fourth-order valence-corrected chi connectivity index (χ4v) is 1.96. The summed E-state index contributed by atoms with van der Waals surface area (Å²) in [6.45, 7) is 3.79. The van der Waals surface area contributed by atoms with E-state index in [2.05, 4.69) is 17.9 Å². The smallest absolute Gasteiger partial charge is 0.129 e. The lowest BCUT2D eigenvalue weighted by atomic mass is 10.1. The normalized spacial score (nSPS) is 10.4. The van der Waals surface area contributed by atoms with E-state index >= 15 is 0 Å². The van der Waals surface area contributed by atoms with Crippen LogP contribution in [-0.4, -0.2) is 26.5 Å². The van der Waals surface area contributed by atoms with E-state index in [0.29, 0.717) is 0 Å². The van der Waals surface area contributed by atoms with E-state index in [1.807, 2.05) is 19.1 Å². The molecule has 0 spiro atoms. The van der Waals surface area contributed by atoms with Gasteiger partial charge in [-0.1, -0.05) is 6.07 Å². The van der Waals surface area contributed by atoms with E-state index in [9.17, 15) is 0 Å². The Morgan fingerprint density at radius 3 is 2.59 bits per heavy atom. The van der Waals surface area contributed by atoms with Gasteiger partial charge in [-0.05, 0) is 31.7 Å². The van der Waals surface area contributed by atoms with Crippen molar-refractivity contribution in [2.75, 3.05) is 26.5 Å². The van der Waals surface area contributed by atoms with Crippen molar-refractivity contribution < 1.29 is 9.47 Å². The number of thiol groups is 1. The Balaban J connectivity index is 2.74. The van der Waals surface area contributed by atoms with Gasteiger partial charge in [-0.25, -0.2) is 0 Å². The summed E-state index contributed by atoms with van der Waals surface area (Å²) in [6, 6.07) is 4.02. The van der Waals surface area contributed by atoms with Crippen LogP contribution in [0.5, 0.6) is 11.5 Å². The van der Waals surface area contributed by atoms with Gasteiger partial charge in [0.25, 0.3) is 0 Å². The second-order valence-corrected chi connectivity index (χ2v) is 4.29. The molecule has 0 saturated carbocycles. The van der Waals surface area contributed by atoms with Gasteiger partial charge in [-0.15, -0.1) is 0 Å². The van der Waals surface area contributed by atoms with Crippen LogP contribution in [0.1, 0.15) is 17.5 Å². The molecule has 0 heterocycles. The molecule has 1 aromatic carbocycles. The zero-order valence-electron chi connectivity index (χ0n) is 10.7. The number of hydrogen-bond donors (Lipinski definition) is 2. The zero-order chi connectivity index (χ0) is 12.7. The van der Waals surface area contributed by atoms with Gasteiger partial charge in [0, 0.05) is 17.7 Å². The highest BCUT2D eigenvalue weighted by atomic mass is 32.1. The van der Waals surface area contributed by atoms with Gasteiger partial charge in [0.2, 0.25) is 0 Å². The van der Waals surface area contributed by atoms with E-state index in [1.165, 1.54) is 0 Å². The minimum absolute atomic E-state index is 0.807. The molecular weight excluding hydrogens is 234 g/mol. The summed E-state index contributed by atoms with van der Waals surface area (Å²) in [5, 5.41) is 3.37. The second-order valence-electron chi connectivity index (χ2n) is 3.84. The first-order valence-electron chi connectivity index (χ1n) is 5.76. The Labute approximate surface area is 109 Å². The van der Waals surface area contributed by atoms with Crippen molar-refractivity contribution in [2.45, 2.75) is 19.9 Å². The summed E-state index contributed by atoms with van der Waals surface area (Å²) in [4.78, 5) is 0. The van der Waals surface area contributed by atoms with Crippen LogP contribution in [0.15, 0.2) is 12.1 Å². The second kappa shape index (κ2) is 7.45. The van der Waals surface area contributed by atoms with Gasteiger partial charge in [-0.2, -0.15) is 12.6 Å². The maximum atomic E-state index is 5.44. The molecule has 0 aliphatic heterocycles. The third-order valence-electron chi connectivity index (χ3n) is 2.69. The van der Waals surface area contributed by atoms with E-state index in [-0.39, 0.29) is 0 Å². The van der Waals surface area contributed by atoms with Crippen LogP contribution in [0.2, 0.25) is 0 Å². The van der Waals surface area contributed by atoms with Gasteiger partial charge in [0.05, 0.1) is 14.2 Å². The molecule has 0 atom stereocenters. The van der Waals surface area contributed by atoms with Crippen molar-refractivity contribution in [3.8, 4) is 11.5 Å². The summed E-state index contributed by atoms with van der Waals surface area (Å²) in [6.07, 6.45) is 1.07. The van der Waals surface area contributed by atoms with Crippen LogP contribution >= 0.6 is 12.6 Å². The molecule has 96 valence electrons. The third kappa shape index (κ3) is 3.82. The minimum atomic E-state index is 0.807. The maximum absolute atomic E-state index is 5.44. The summed E-state index contributed by atoms with van der Waals surface area (Å²) in [5.41, 5.74) is 2.20. The summed E-state index contributed by atoms with van der Waals surface area (Å²) in [7, 11) is 3.37. The average molecular weight is 255 g/mol. The Kier molecular flexibility index (Phi) is 6.22. The molecule has 3 nitrogen and oxygen atoms in total. The van der Waals surface area contributed by atoms with Gasteiger partial charge in [0.1, 0.15) is 11.5 Å². The number of methoxy groups -OCH3 is 2. The summed E-state index contributed by atoms with van der Waals surface area (Å²) < 4.78 is 10.7. The van der Waals surface area contributed by atoms with Gasteiger partial charge < -0.3 is 14.8 Å². The van der Waals surface area contributed by atoms with Crippen LogP contribution in [0.3, 0.4) is 0 Å². The van der Waals surface area contributed by atoms with Crippen LogP contribution in [-0.2, 0) is 6.54 Å². The zero-order valence-corrected chi connectivity index (χ0v) is 11.6. The molecule has 17 heavy (non-hydrogen) atoms. The largest absolute Gasteiger partial charge is 0.496 e. The van der Waals surface area contributed by atoms with Crippen molar-refractivity contribution in [1.82, 2.24) is 5.32 Å². The number of nitrogens with one attached hydrogen (secondary N) is 1. The first-order valence-corrected chi connectivity index (χ1v) is 6.39. The highest BCUT2D eigenvalue weighted by Crippen LogP contribution is 2.31. The SMILES string of the molecule is COc1ccc(CNCCCS)c(OC)c1C. The molecule has 1 aromatic rings. The molecule has 0 aromatic heterocycles. The Morgan fingerprint density at radius 2 is 2.00 bits per heavy atom. The molecule has 0 amide bonds. The molecule has 1 rings (SSSR count). The topological polar surface area (TPSA) is 30.5 Å². The van der Waals surface area contributed by atoms with Crippen molar-refractivity contribution in [1.29, 1.82) is 0 Å². The van der Waals surface area contributed by atoms with Crippen molar-refractivity contribution in [3.05, 3.63) is 23.3 Å². The van der Waals surface area contributed by atoms with Crippen LogP contribution in [0.4, 0.5) is 0 Å². The lowest BCUT2D eigenvalue weighted by Gasteiger charge is -2.14. The fraction of sp³-hybridized carbons (Fsp3) is 0.538. The molecular formula is C13H21NO2S. The van der Waals surface area contributed by atoms with Crippen LogP contribution in [0, 0.1) is 6.92 Å². The lowest BCUT2D eigenvalue weighted by molar-refractivity contribution is 0.384. The van der Waals surface area contributed by atoms with Crippen LogP contribution < -0.4 is 14.8 Å². The molecule has 0 saturated heterocycles. The molecule has 0 aliphatic carbocycles. The minimum Gasteiger partial charge on any atom is -0.496 e. The van der Waals surface area contributed by atoms with E-state index in [0.717, 1.165) is 47.9 Å². The Hall–Kier alpha value is -0.870. The molecule has 0 fully saturated rings. The van der Waals surface area contributed by atoms with Crippen molar-refractivity contribution in [3.63, 3.8) is 0 Å². The van der Waals surface area contributed by atoms with Crippen molar-refractivity contribution >= 4 is 12.6 Å².